The summed E-state index contributed by atoms with van der Waals surface area (Å²) in [6, 6.07) is -1.81. The number of hydrogen-bond acceptors (Lipinski definition) is 9. The van der Waals surface area contributed by atoms with Gasteiger partial charge in [0.15, 0.2) is 0 Å². The second kappa shape index (κ2) is 15.7. The maximum Gasteiger partial charge on any atom is 0.219 e. The fraction of sp³-hybridized carbons (Fsp3) is 0.643. The van der Waals surface area contributed by atoms with Crippen LogP contribution in [0.1, 0.15) is 33.6 Å². The molecule has 11 heteroatoms. The lowest BCUT2D eigenvalue weighted by Gasteiger charge is -2.01. The van der Waals surface area contributed by atoms with E-state index >= 15 is 0 Å². The average molecular weight is 379 g/mol. The third-order valence-electron chi connectivity index (χ3n) is 2.61. The molecule has 0 saturated heterocycles. The molecular weight excluding hydrogens is 350 g/mol. The monoisotopic (exact) mass is 379 g/mol. The lowest BCUT2D eigenvalue weighted by molar-refractivity contribution is -0.123. The van der Waals surface area contributed by atoms with E-state index in [1.54, 1.807) is 0 Å². The van der Waals surface area contributed by atoms with E-state index < -0.39 is 23.9 Å². The Kier molecular flexibility index (Phi) is 17.6. The summed E-state index contributed by atoms with van der Waals surface area (Å²) in [5, 5.41) is 0. The smallest absolute Gasteiger partial charge is 0.219 e. The van der Waals surface area contributed by atoms with Crippen molar-refractivity contribution in [1.82, 2.24) is 0 Å². The Hall–Kier alpha value is -1.82. The van der Waals surface area contributed by atoms with E-state index in [0.717, 1.165) is 0 Å². The van der Waals surface area contributed by atoms with Crippen molar-refractivity contribution in [3.05, 3.63) is 0 Å². The molecule has 0 bridgehead atoms. The van der Waals surface area contributed by atoms with Crippen molar-refractivity contribution in [2.75, 3.05) is 5.75 Å². The summed E-state index contributed by atoms with van der Waals surface area (Å²) in [6.45, 7) is 4.11. The van der Waals surface area contributed by atoms with Crippen LogP contribution in [0.5, 0.6) is 0 Å². The van der Waals surface area contributed by atoms with Crippen molar-refractivity contribution in [2.24, 2.45) is 28.7 Å². The van der Waals surface area contributed by atoms with Crippen molar-refractivity contribution in [3.63, 3.8) is 0 Å². The molecule has 10 nitrogen and oxygen atoms in total. The Labute approximate surface area is 152 Å². The molecule has 146 valence electrons. The minimum Gasteiger partial charge on any atom is -0.370 e. The Balaban J connectivity index is -0.000000293. The first-order valence-electron chi connectivity index (χ1n) is 7.21. The van der Waals surface area contributed by atoms with Crippen molar-refractivity contribution in [3.8, 4) is 0 Å². The van der Waals surface area contributed by atoms with Gasteiger partial charge in [0.1, 0.15) is 17.3 Å². The van der Waals surface area contributed by atoms with Gasteiger partial charge >= 0.3 is 0 Å². The van der Waals surface area contributed by atoms with Crippen molar-refractivity contribution >= 4 is 41.8 Å². The third-order valence-corrected chi connectivity index (χ3v) is 3.00. The first kappa shape index (κ1) is 28.0. The van der Waals surface area contributed by atoms with Crippen molar-refractivity contribution in [2.45, 2.75) is 51.7 Å². The van der Waals surface area contributed by atoms with Gasteiger partial charge in [0.2, 0.25) is 11.8 Å². The normalized spacial score (nSPS) is 12.9. The van der Waals surface area contributed by atoms with Gasteiger partial charge in [-0.05, 0) is 20.8 Å². The Bertz CT molecular complexity index is 441. The Morgan fingerprint density at radius 3 is 0.960 bits per heavy atom. The number of amides is 2. The first-order valence-corrected chi connectivity index (χ1v) is 7.84. The molecule has 0 unspecified atom stereocenters. The highest BCUT2D eigenvalue weighted by Crippen LogP contribution is 1.87. The number of carbonyl (C=O) groups excluding carboxylic acids is 5. The fourth-order valence-corrected chi connectivity index (χ4v) is 1.11. The van der Waals surface area contributed by atoms with Gasteiger partial charge in [-0.15, -0.1) is 0 Å². The van der Waals surface area contributed by atoms with Gasteiger partial charge in [0.05, 0.1) is 18.1 Å². The minimum atomic E-state index is -0.720. The fourth-order valence-electron chi connectivity index (χ4n) is 0.850. The van der Waals surface area contributed by atoms with Gasteiger partial charge < -0.3 is 28.7 Å². The molecule has 0 saturated carbocycles. The van der Waals surface area contributed by atoms with Crippen LogP contribution in [0.4, 0.5) is 0 Å². The molecular formula is C14H29N5O5S. The van der Waals surface area contributed by atoms with Gasteiger partial charge in [-0.2, -0.15) is 12.6 Å². The molecule has 0 radical (unpaired) electrons. The zero-order chi connectivity index (χ0) is 20.7. The quantitative estimate of drug-likeness (QED) is 0.245. The molecule has 0 spiro atoms. The summed E-state index contributed by atoms with van der Waals surface area (Å²) in [7, 11) is 0. The van der Waals surface area contributed by atoms with E-state index in [-0.39, 0.29) is 36.2 Å². The van der Waals surface area contributed by atoms with Crippen LogP contribution < -0.4 is 28.7 Å². The highest BCUT2D eigenvalue weighted by atomic mass is 32.1. The summed E-state index contributed by atoms with van der Waals surface area (Å²) in [4.78, 5) is 51.1. The molecule has 0 aliphatic carbocycles. The number of primary amides is 2. The van der Waals surface area contributed by atoms with Crippen LogP contribution in [0.3, 0.4) is 0 Å². The number of ketones is 3. The zero-order valence-corrected chi connectivity index (χ0v) is 15.6. The number of rotatable bonds is 8. The number of hydrogen-bond donors (Lipinski definition) is 6. The molecule has 0 rings (SSSR count). The lowest BCUT2D eigenvalue weighted by Crippen LogP contribution is -2.33. The maximum absolute atomic E-state index is 10.3. The van der Waals surface area contributed by atoms with Gasteiger partial charge in [-0.3, -0.25) is 24.0 Å². The van der Waals surface area contributed by atoms with Crippen molar-refractivity contribution in [1.29, 1.82) is 0 Å². The Morgan fingerprint density at radius 1 is 0.680 bits per heavy atom. The van der Waals surface area contributed by atoms with Crippen LogP contribution in [-0.4, -0.2) is 53.0 Å². The molecule has 0 aliphatic rings. The van der Waals surface area contributed by atoms with Gasteiger partial charge in [0, 0.05) is 18.6 Å². The molecule has 0 aliphatic heterocycles. The predicted molar refractivity (Wildman–Crippen MR) is 97.4 cm³/mol. The topological polar surface area (TPSA) is 215 Å². The minimum absolute atomic E-state index is 0.00463. The van der Waals surface area contributed by atoms with E-state index in [1.807, 2.05) is 0 Å². The standard InChI is InChI=1S/2C5H10N2O2.C4H9NOS/c2*1-3(8)4(6)2-5(7)9;1-3(6)4(5)2-7/h2*4H,2,6H2,1H3,(H2,7,9);4,7H,2,5H2,1H3/t3*4-/m101/s1. The third kappa shape index (κ3) is 22.2. The Morgan fingerprint density at radius 2 is 0.920 bits per heavy atom. The van der Waals surface area contributed by atoms with E-state index in [9.17, 15) is 24.0 Å². The molecule has 3 atom stereocenters. The van der Waals surface area contributed by atoms with Gasteiger partial charge in [-0.25, -0.2) is 0 Å². The molecule has 10 N–H and O–H groups in total. The second-order valence-electron chi connectivity index (χ2n) is 5.17. The number of nitrogens with two attached hydrogens (primary N) is 5. The largest absolute Gasteiger partial charge is 0.370 e. The van der Waals surface area contributed by atoms with Crippen LogP contribution in [0.2, 0.25) is 0 Å². The van der Waals surface area contributed by atoms with E-state index in [2.05, 4.69) is 12.6 Å². The molecule has 2 amide bonds. The average Bonchev–Trinajstić information content (AvgIpc) is 2.45. The molecule has 25 heavy (non-hydrogen) atoms. The first-order chi connectivity index (χ1) is 11.3. The van der Waals surface area contributed by atoms with E-state index in [0.29, 0.717) is 5.75 Å². The number of Topliss-reactive ketones (excluding diaryl/α,β-unsaturated/α-hetero) is 3. The summed E-state index contributed by atoms with van der Waals surface area (Å²) in [5.74, 6) is -1.08. The SMILES string of the molecule is CC(=O)[C@@H](N)CC(N)=O.CC(=O)[C@H](N)CC(N)=O.CC(=O)[C@H](N)CS. The van der Waals surface area contributed by atoms with E-state index in [1.165, 1.54) is 20.8 Å². The summed E-state index contributed by atoms with van der Waals surface area (Å²) in [5.41, 5.74) is 25.0. The number of carbonyl (C=O) groups is 5. The summed E-state index contributed by atoms with van der Waals surface area (Å²) < 4.78 is 0. The number of thiol groups is 1. The molecule has 0 fully saturated rings. The zero-order valence-electron chi connectivity index (χ0n) is 14.7. The molecule has 0 aromatic rings. The highest BCUT2D eigenvalue weighted by Gasteiger charge is 2.10. The highest BCUT2D eigenvalue weighted by molar-refractivity contribution is 7.80. The summed E-state index contributed by atoms with van der Waals surface area (Å²) in [6.07, 6.45) is -0.120. The maximum atomic E-state index is 10.3. The molecule has 0 aromatic carbocycles. The van der Waals surface area contributed by atoms with Crippen LogP contribution in [0.15, 0.2) is 0 Å². The van der Waals surface area contributed by atoms with Crippen molar-refractivity contribution < 1.29 is 24.0 Å². The summed E-state index contributed by atoms with van der Waals surface area (Å²) >= 11 is 3.81. The second-order valence-corrected chi connectivity index (χ2v) is 5.54. The van der Waals surface area contributed by atoms with Gasteiger partial charge in [0.25, 0.3) is 0 Å². The van der Waals surface area contributed by atoms with Crippen LogP contribution in [0, 0.1) is 0 Å². The van der Waals surface area contributed by atoms with E-state index in [4.69, 9.17) is 28.7 Å². The molecule has 0 heterocycles. The van der Waals surface area contributed by atoms with Crippen LogP contribution >= 0.6 is 12.6 Å². The predicted octanol–water partition coefficient (Wildman–Crippen LogP) is -2.61. The van der Waals surface area contributed by atoms with Gasteiger partial charge in [-0.1, -0.05) is 0 Å². The lowest BCUT2D eigenvalue weighted by atomic mass is 10.1. The van der Waals surface area contributed by atoms with Crippen LogP contribution in [0.25, 0.3) is 0 Å². The van der Waals surface area contributed by atoms with Crippen LogP contribution in [-0.2, 0) is 24.0 Å². The molecule has 0 aromatic heterocycles.